The minimum atomic E-state index is -1.28. The maximum absolute atomic E-state index is 9.24. The Hall–Kier alpha value is -0.200. The highest BCUT2D eigenvalue weighted by Crippen LogP contribution is 2.17. The first-order valence-electron chi connectivity index (χ1n) is 3.52. The van der Waals surface area contributed by atoms with Crippen LogP contribution in [0.1, 0.15) is 0 Å². The predicted molar refractivity (Wildman–Crippen MR) is 36.5 cm³/mol. The van der Waals surface area contributed by atoms with Crippen molar-refractivity contribution in [2.75, 3.05) is 13.2 Å². The topological polar surface area (TPSA) is 95.9 Å². The third-order valence-corrected chi connectivity index (χ3v) is 1.91. The van der Waals surface area contributed by atoms with Crippen LogP contribution in [0.2, 0.25) is 0 Å². The minimum absolute atomic E-state index is 0.190. The van der Waals surface area contributed by atoms with Gasteiger partial charge in [0.25, 0.3) is 0 Å². The van der Waals surface area contributed by atoms with Crippen molar-refractivity contribution in [2.45, 2.75) is 18.5 Å². The van der Waals surface area contributed by atoms with Crippen molar-refractivity contribution in [1.29, 1.82) is 0 Å². The van der Waals surface area contributed by atoms with E-state index in [-0.39, 0.29) is 19.1 Å². The van der Waals surface area contributed by atoms with Crippen molar-refractivity contribution in [2.24, 2.45) is 11.7 Å². The summed E-state index contributed by atoms with van der Waals surface area (Å²) in [4.78, 5) is 0. The minimum Gasteiger partial charge on any atom is -0.390 e. The standard InChI is InChI=1S/C6H13NO4/c7-1-3-2-11-6(10)5(9)4(3)8/h3-6,8-10H,1-2,7H2/t3-,4+,5-,6-/m0/s1. The summed E-state index contributed by atoms with van der Waals surface area (Å²) in [6.45, 7) is 0.431. The number of hydrogen-bond acceptors (Lipinski definition) is 5. The molecule has 11 heavy (non-hydrogen) atoms. The van der Waals surface area contributed by atoms with Gasteiger partial charge in [0.1, 0.15) is 6.10 Å². The predicted octanol–water partition coefficient (Wildman–Crippen LogP) is -2.37. The molecule has 5 heteroatoms. The molecule has 1 saturated heterocycles. The van der Waals surface area contributed by atoms with E-state index in [1.165, 1.54) is 0 Å². The van der Waals surface area contributed by atoms with Crippen LogP contribution >= 0.6 is 0 Å². The van der Waals surface area contributed by atoms with E-state index in [4.69, 9.17) is 20.7 Å². The molecule has 1 aliphatic heterocycles. The third-order valence-electron chi connectivity index (χ3n) is 1.91. The number of aliphatic hydroxyl groups excluding tert-OH is 3. The molecule has 4 atom stereocenters. The Bertz CT molecular complexity index is 130. The summed E-state index contributed by atoms with van der Waals surface area (Å²) in [5, 5.41) is 27.2. The molecular weight excluding hydrogens is 150 g/mol. The number of rotatable bonds is 1. The highest BCUT2D eigenvalue weighted by molar-refractivity contribution is 4.82. The molecular formula is C6H13NO4. The zero-order chi connectivity index (χ0) is 8.43. The Balaban J connectivity index is 2.52. The lowest BCUT2D eigenvalue weighted by Crippen LogP contribution is -2.51. The molecule has 0 radical (unpaired) electrons. The number of aliphatic hydroxyl groups is 3. The largest absolute Gasteiger partial charge is 0.390 e. The third kappa shape index (κ3) is 1.69. The lowest BCUT2D eigenvalue weighted by atomic mass is 9.96. The van der Waals surface area contributed by atoms with Gasteiger partial charge >= 0.3 is 0 Å². The van der Waals surface area contributed by atoms with Gasteiger partial charge in [0, 0.05) is 5.92 Å². The molecule has 0 bridgehead atoms. The van der Waals surface area contributed by atoms with E-state index in [1.54, 1.807) is 0 Å². The molecule has 1 aliphatic rings. The number of ether oxygens (including phenoxy) is 1. The summed E-state index contributed by atoms with van der Waals surface area (Å²) in [6.07, 6.45) is -3.51. The Morgan fingerprint density at radius 2 is 1.91 bits per heavy atom. The zero-order valence-electron chi connectivity index (χ0n) is 6.05. The quantitative estimate of drug-likeness (QED) is 0.346. The van der Waals surface area contributed by atoms with Crippen LogP contribution in [0.3, 0.4) is 0 Å². The molecule has 5 N–H and O–H groups in total. The average Bonchev–Trinajstić information content (AvgIpc) is 2.01. The number of nitrogens with two attached hydrogens (primary N) is 1. The summed E-state index contributed by atoms with van der Waals surface area (Å²) in [5.41, 5.74) is 5.27. The van der Waals surface area contributed by atoms with Crippen LogP contribution in [0.25, 0.3) is 0 Å². The second kappa shape index (κ2) is 3.46. The van der Waals surface area contributed by atoms with Gasteiger partial charge in [0.05, 0.1) is 12.7 Å². The van der Waals surface area contributed by atoms with Gasteiger partial charge < -0.3 is 25.8 Å². The van der Waals surface area contributed by atoms with Gasteiger partial charge in [-0.05, 0) is 6.54 Å². The lowest BCUT2D eigenvalue weighted by Gasteiger charge is -2.34. The summed E-state index contributed by atoms with van der Waals surface area (Å²) in [6, 6.07) is 0. The first kappa shape index (κ1) is 8.89. The molecule has 1 heterocycles. The van der Waals surface area contributed by atoms with E-state index in [9.17, 15) is 5.11 Å². The maximum atomic E-state index is 9.24. The second-order valence-corrected chi connectivity index (χ2v) is 2.70. The molecule has 0 amide bonds. The van der Waals surface area contributed by atoms with Gasteiger partial charge in [-0.2, -0.15) is 0 Å². The Kier molecular flexibility index (Phi) is 2.80. The molecule has 5 nitrogen and oxygen atoms in total. The summed E-state index contributed by atoms with van der Waals surface area (Å²) < 4.78 is 4.73. The summed E-state index contributed by atoms with van der Waals surface area (Å²) in [5.74, 6) is -0.284. The van der Waals surface area contributed by atoms with E-state index >= 15 is 0 Å². The molecule has 0 aromatic carbocycles. The van der Waals surface area contributed by atoms with Gasteiger partial charge in [-0.3, -0.25) is 0 Å². The van der Waals surface area contributed by atoms with Crippen molar-refractivity contribution < 1.29 is 20.1 Å². The van der Waals surface area contributed by atoms with E-state index in [0.29, 0.717) is 0 Å². The monoisotopic (exact) mass is 163 g/mol. The maximum Gasteiger partial charge on any atom is 0.183 e. The summed E-state index contributed by atoms with van der Waals surface area (Å²) in [7, 11) is 0. The Morgan fingerprint density at radius 1 is 1.27 bits per heavy atom. The second-order valence-electron chi connectivity index (χ2n) is 2.70. The Morgan fingerprint density at radius 3 is 2.45 bits per heavy atom. The number of hydrogen-bond donors (Lipinski definition) is 4. The molecule has 0 saturated carbocycles. The first-order chi connectivity index (χ1) is 5.16. The van der Waals surface area contributed by atoms with Crippen molar-refractivity contribution in [3.05, 3.63) is 0 Å². The molecule has 0 aromatic heterocycles. The van der Waals surface area contributed by atoms with Gasteiger partial charge in [-0.25, -0.2) is 0 Å². The lowest BCUT2D eigenvalue weighted by molar-refractivity contribution is -0.237. The molecule has 66 valence electrons. The van der Waals surface area contributed by atoms with Crippen molar-refractivity contribution in [3.8, 4) is 0 Å². The van der Waals surface area contributed by atoms with Gasteiger partial charge in [0.15, 0.2) is 6.29 Å². The highest BCUT2D eigenvalue weighted by atomic mass is 16.6. The van der Waals surface area contributed by atoms with Crippen molar-refractivity contribution in [1.82, 2.24) is 0 Å². The van der Waals surface area contributed by atoms with Crippen LogP contribution in [0.4, 0.5) is 0 Å². The fraction of sp³-hybridized carbons (Fsp3) is 1.00. The van der Waals surface area contributed by atoms with E-state index in [1.807, 2.05) is 0 Å². The highest BCUT2D eigenvalue weighted by Gasteiger charge is 2.36. The van der Waals surface area contributed by atoms with E-state index in [2.05, 4.69) is 0 Å². The fourth-order valence-corrected chi connectivity index (χ4v) is 1.07. The SMILES string of the molecule is NC[C@H]1CO[C@H](O)[C@@H](O)[C@@H]1O. The Labute approximate surface area is 64.4 Å². The van der Waals surface area contributed by atoms with Crippen LogP contribution in [0, 0.1) is 5.92 Å². The van der Waals surface area contributed by atoms with Crippen LogP contribution in [-0.2, 0) is 4.74 Å². The molecule has 1 fully saturated rings. The van der Waals surface area contributed by atoms with E-state index < -0.39 is 18.5 Å². The normalized spacial score (nSPS) is 45.8. The molecule has 0 spiro atoms. The summed E-state index contributed by atoms with van der Waals surface area (Å²) >= 11 is 0. The van der Waals surface area contributed by atoms with Crippen molar-refractivity contribution >= 4 is 0 Å². The molecule has 1 rings (SSSR count). The average molecular weight is 163 g/mol. The van der Waals surface area contributed by atoms with Crippen LogP contribution < -0.4 is 5.73 Å². The van der Waals surface area contributed by atoms with Gasteiger partial charge in [0.2, 0.25) is 0 Å². The van der Waals surface area contributed by atoms with Crippen LogP contribution in [0.15, 0.2) is 0 Å². The van der Waals surface area contributed by atoms with Crippen LogP contribution in [-0.4, -0.2) is 47.0 Å². The smallest absolute Gasteiger partial charge is 0.183 e. The van der Waals surface area contributed by atoms with Crippen molar-refractivity contribution in [3.63, 3.8) is 0 Å². The molecule has 0 aliphatic carbocycles. The first-order valence-corrected chi connectivity index (χ1v) is 3.52. The van der Waals surface area contributed by atoms with E-state index in [0.717, 1.165) is 0 Å². The van der Waals surface area contributed by atoms with Gasteiger partial charge in [-0.1, -0.05) is 0 Å². The van der Waals surface area contributed by atoms with Gasteiger partial charge in [-0.15, -0.1) is 0 Å². The van der Waals surface area contributed by atoms with Crippen LogP contribution in [0.5, 0.6) is 0 Å². The molecule has 0 unspecified atom stereocenters. The molecule has 0 aromatic rings. The fourth-order valence-electron chi connectivity index (χ4n) is 1.07. The zero-order valence-corrected chi connectivity index (χ0v) is 6.05.